The lowest BCUT2D eigenvalue weighted by molar-refractivity contribution is -0.148. The van der Waals surface area contributed by atoms with E-state index in [1.165, 1.54) is 24.3 Å². The highest BCUT2D eigenvalue weighted by atomic mass is 32.1. The number of nitrogens with one attached hydrogen (secondary N) is 1. The van der Waals surface area contributed by atoms with Crippen molar-refractivity contribution in [3.63, 3.8) is 0 Å². The molecule has 0 saturated carbocycles. The van der Waals surface area contributed by atoms with Gasteiger partial charge in [-0.25, -0.2) is 9.78 Å². The van der Waals surface area contributed by atoms with E-state index in [0.717, 1.165) is 10.2 Å². The monoisotopic (exact) mass is 377 g/mol. The minimum atomic E-state index is -0.965. The van der Waals surface area contributed by atoms with Crippen LogP contribution in [0.4, 0.5) is 5.69 Å². The smallest absolute Gasteiger partial charge is 0.331 e. The summed E-state index contributed by atoms with van der Waals surface area (Å²) in [7, 11) is 0. The third-order valence-corrected chi connectivity index (χ3v) is 4.62. The highest BCUT2D eigenvalue weighted by Crippen LogP contribution is 2.22. The number of ether oxygens (including phenoxy) is 1. The summed E-state index contributed by atoms with van der Waals surface area (Å²) in [5.74, 6) is -1.09. The summed E-state index contributed by atoms with van der Waals surface area (Å²) < 4.78 is 6.14. The number of thiazole rings is 1. The molecule has 0 aliphatic rings. The van der Waals surface area contributed by atoms with Gasteiger partial charge in [-0.1, -0.05) is 12.1 Å². The maximum atomic E-state index is 12.1. The van der Waals surface area contributed by atoms with Gasteiger partial charge in [0.25, 0.3) is 5.91 Å². The molecule has 0 aliphatic carbocycles. The highest BCUT2D eigenvalue weighted by Gasteiger charge is 2.16. The van der Waals surface area contributed by atoms with Gasteiger partial charge < -0.3 is 10.1 Å². The second-order valence-corrected chi connectivity index (χ2v) is 6.67. The predicted molar refractivity (Wildman–Crippen MR) is 104 cm³/mol. The van der Waals surface area contributed by atoms with E-state index in [4.69, 9.17) is 10.00 Å². The number of carbonyl (C=O) groups excluding carboxylic acids is 2. The third-order valence-electron chi connectivity index (χ3n) is 3.62. The van der Waals surface area contributed by atoms with Crippen LogP contribution < -0.4 is 5.32 Å². The number of para-hydroxylation sites is 1. The van der Waals surface area contributed by atoms with Crippen molar-refractivity contribution >= 4 is 45.2 Å². The molecule has 2 aromatic carbocycles. The zero-order chi connectivity index (χ0) is 19.2. The minimum Gasteiger partial charge on any atom is -0.449 e. The molecule has 6 nitrogen and oxygen atoms in total. The van der Waals surface area contributed by atoms with E-state index in [-0.39, 0.29) is 0 Å². The summed E-state index contributed by atoms with van der Waals surface area (Å²) in [6.45, 7) is 1.49. The molecule has 0 aliphatic heterocycles. The van der Waals surface area contributed by atoms with Crippen LogP contribution in [0.5, 0.6) is 0 Å². The van der Waals surface area contributed by atoms with Crippen molar-refractivity contribution in [2.75, 3.05) is 5.32 Å². The molecule has 0 bridgehead atoms. The van der Waals surface area contributed by atoms with Gasteiger partial charge in [0.2, 0.25) is 0 Å². The van der Waals surface area contributed by atoms with Crippen molar-refractivity contribution in [1.82, 2.24) is 4.98 Å². The van der Waals surface area contributed by atoms with Crippen molar-refractivity contribution in [3.8, 4) is 6.07 Å². The number of esters is 1. The standard InChI is InChI=1S/C20H15N3O3S/c1-13(20(25)22-15-8-6-14(12-21)7-9-15)26-19(24)11-10-18-23-16-4-2-3-5-17(16)27-18/h2-11,13H,1H3,(H,22,25)/b11-10+/t13-/m0/s1. The fourth-order valence-corrected chi connectivity index (χ4v) is 3.11. The number of amides is 1. The number of hydrogen-bond acceptors (Lipinski definition) is 6. The molecule has 27 heavy (non-hydrogen) atoms. The number of benzene rings is 2. The Bertz CT molecular complexity index is 1020. The number of nitriles is 1. The molecule has 1 heterocycles. The normalized spacial score (nSPS) is 11.9. The summed E-state index contributed by atoms with van der Waals surface area (Å²) >= 11 is 1.46. The Kier molecular flexibility index (Phi) is 5.59. The number of anilines is 1. The molecule has 0 saturated heterocycles. The van der Waals surface area contributed by atoms with Crippen LogP contribution in [-0.4, -0.2) is 23.0 Å². The van der Waals surface area contributed by atoms with Gasteiger partial charge in [-0.3, -0.25) is 4.79 Å². The zero-order valence-electron chi connectivity index (χ0n) is 14.4. The topological polar surface area (TPSA) is 92.1 Å². The second-order valence-electron chi connectivity index (χ2n) is 5.61. The van der Waals surface area contributed by atoms with Crippen molar-refractivity contribution < 1.29 is 14.3 Å². The van der Waals surface area contributed by atoms with Gasteiger partial charge in [0.1, 0.15) is 5.01 Å². The minimum absolute atomic E-state index is 0.457. The molecule has 1 aromatic heterocycles. The fourth-order valence-electron chi connectivity index (χ4n) is 2.24. The summed E-state index contributed by atoms with van der Waals surface area (Å²) in [4.78, 5) is 28.4. The lowest BCUT2D eigenvalue weighted by atomic mass is 10.2. The van der Waals surface area contributed by atoms with E-state index < -0.39 is 18.0 Å². The van der Waals surface area contributed by atoms with Crippen molar-refractivity contribution in [3.05, 3.63) is 65.2 Å². The number of carbonyl (C=O) groups is 2. The van der Waals surface area contributed by atoms with Gasteiger partial charge >= 0.3 is 5.97 Å². The van der Waals surface area contributed by atoms with Crippen LogP contribution in [0.2, 0.25) is 0 Å². The maximum absolute atomic E-state index is 12.1. The third kappa shape index (κ3) is 4.77. The van der Waals surface area contributed by atoms with Gasteiger partial charge in [0, 0.05) is 11.8 Å². The van der Waals surface area contributed by atoms with Crippen LogP contribution in [0.1, 0.15) is 17.5 Å². The van der Waals surface area contributed by atoms with Crippen LogP contribution in [0.25, 0.3) is 16.3 Å². The fraction of sp³-hybridized carbons (Fsp3) is 0.100. The summed E-state index contributed by atoms with van der Waals surface area (Å²) in [6, 6.07) is 16.1. The first-order valence-electron chi connectivity index (χ1n) is 8.10. The Morgan fingerprint density at radius 2 is 1.96 bits per heavy atom. The molecule has 0 fully saturated rings. The van der Waals surface area contributed by atoms with Gasteiger partial charge in [-0.05, 0) is 49.4 Å². The molecule has 0 spiro atoms. The first-order valence-corrected chi connectivity index (χ1v) is 8.92. The van der Waals surface area contributed by atoms with E-state index in [9.17, 15) is 9.59 Å². The van der Waals surface area contributed by atoms with Gasteiger partial charge in [-0.2, -0.15) is 5.26 Å². The Hall–Kier alpha value is -3.50. The molecule has 0 radical (unpaired) electrons. The zero-order valence-corrected chi connectivity index (χ0v) is 15.2. The van der Waals surface area contributed by atoms with E-state index in [1.54, 1.807) is 30.3 Å². The molecule has 7 heteroatoms. The lowest BCUT2D eigenvalue weighted by Gasteiger charge is -2.12. The SMILES string of the molecule is C[C@H](OC(=O)/C=C/c1nc2ccccc2s1)C(=O)Nc1ccc(C#N)cc1. The van der Waals surface area contributed by atoms with Crippen molar-refractivity contribution in [2.24, 2.45) is 0 Å². The molecule has 1 N–H and O–H groups in total. The first kappa shape index (κ1) is 18.3. The Labute approximate surface area is 159 Å². The quantitative estimate of drug-likeness (QED) is 0.540. The van der Waals surface area contributed by atoms with E-state index in [1.807, 2.05) is 30.3 Å². The van der Waals surface area contributed by atoms with Crippen LogP contribution in [0, 0.1) is 11.3 Å². The molecule has 3 rings (SSSR count). The predicted octanol–water partition coefficient (Wildman–Crippen LogP) is 3.75. The molecular formula is C20H15N3O3S. The van der Waals surface area contributed by atoms with Crippen molar-refractivity contribution in [1.29, 1.82) is 5.26 Å². The maximum Gasteiger partial charge on any atom is 0.331 e. The van der Waals surface area contributed by atoms with Gasteiger partial charge in [-0.15, -0.1) is 11.3 Å². The Morgan fingerprint density at radius 3 is 2.67 bits per heavy atom. The molecule has 3 aromatic rings. The van der Waals surface area contributed by atoms with E-state index in [0.29, 0.717) is 16.3 Å². The average molecular weight is 377 g/mol. The Balaban J connectivity index is 1.55. The summed E-state index contributed by atoms with van der Waals surface area (Å²) in [5, 5.41) is 12.1. The van der Waals surface area contributed by atoms with E-state index >= 15 is 0 Å². The second kappa shape index (κ2) is 8.25. The Morgan fingerprint density at radius 1 is 1.22 bits per heavy atom. The molecule has 134 valence electrons. The summed E-state index contributed by atoms with van der Waals surface area (Å²) in [6.07, 6.45) is 1.86. The van der Waals surface area contributed by atoms with Crippen LogP contribution in [-0.2, 0) is 14.3 Å². The lowest BCUT2D eigenvalue weighted by Crippen LogP contribution is -2.29. The molecule has 0 unspecified atom stereocenters. The summed E-state index contributed by atoms with van der Waals surface area (Å²) in [5.41, 5.74) is 1.88. The van der Waals surface area contributed by atoms with Crippen LogP contribution in [0.15, 0.2) is 54.6 Å². The molecular weight excluding hydrogens is 362 g/mol. The van der Waals surface area contributed by atoms with Crippen molar-refractivity contribution in [2.45, 2.75) is 13.0 Å². The van der Waals surface area contributed by atoms with Gasteiger partial charge in [0.15, 0.2) is 6.10 Å². The largest absolute Gasteiger partial charge is 0.449 e. The van der Waals surface area contributed by atoms with E-state index in [2.05, 4.69) is 10.3 Å². The molecule has 1 amide bonds. The number of rotatable bonds is 5. The number of hydrogen-bond donors (Lipinski definition) is 1. The number of aromatic nitrogens is 1. The average Bonchev–Trinajstić information content (AvgIpc) is 3.10. The van der Waals surface area contributed by atoms with Gasteiger partial charge in [0.05, 0.1) is 21.8 Å². The molecule has 1 atom stereocenters. The van der Waals surface area contributed by atoms with Crippen LogP contribution in [0.3, 0.4) is 0 Å². The number of fused-ring (bicyclic) bond motifs is 1. The number of nitrogens with zero attached hydrogens (tertiary/aromatic N) is 2. The van der Waals surface area contributed by atoms with Crippen LogP contribution >= 0.6 is 11.3 Å². The highest BCUT2D eigenvalue weighted by molar-refractivity contribution is 7.19. The first-order chi connectivity index (χ1) is 13.0.